The Bertz CT molecular complexity index is 777. The maximum Gasteiger partial charge on any atom is 0.419 e. The van der Waals surface area contributed by atoms with Gasteiger partial charge in [-0.3, -0.25) is 4.90 Å². The van der Waals surface area contributed by atoms with Crippen molar-refractivity contribution in [2.45, 2.75) is 18.9 Å². The molecule has 9 heteroatoms. The zero-order chi connectivity index (χ0) is 21.6. The van der Waals surface area contributed by atoms with E-state index in [2.05, 4.69) is 4.98 Å². The average Bonchev–Trinajstić information content (AvgIpc) is 2.74. The first-order valence-electron chi connectivity index (χ1n) is 9.91. The molecular formula is C21H28F3N3O3+2. The summed E-state index contributed by atoms with van der Waals surface area (Å²) in [7, 11) is 1.62. The van der Waals surface area contributed by atoms with E-state index in [9.17, 15) is 18.3 Å². The lowest BCUT2D eigenvalue weighted by Gasteiger charge is -2.29. The fourth-order valence-electron chi connectivity index (χ4n) is 3.48. The van der Waals surface area contributed by atoms with E-state index in [-0.39, 0.29) is 6.61 Å². The molecular weight excluding hydrogens is 399 g/mol. The SMILES string of the molecule is COc1ccc(COC[C@H](O)C[NH+]2CCN(c3ccc(C(F)(F)F)c[nH+]3)CC2)cc1. The number of ether oxygens (including phenoxy) is 2. The van der Waals surface area contributed by atoms with E-state index in [4.69, 9.17) is 9.47 Å². The molecule has 1 aliphatic rings. The number of hydrogen-bond donors (Lipinski definition) is 2. The minimum absolute atomic E-state index is 0.256. The van der Waals surface area contributed by atoms with Gasteiger partial charge in [0.1, 0.15) is 50.8 Å². The molecule has 0 unspecified atom stereocenters. The molecule has 0 spiro atoms. The van der Waals surface area contributed by atoms with E-state index in [0.717, 1.165) is 36.7 Å². The van der Waals surface area contributed by atoms with Crippen LogP contribution in [0.1, 0.15) is 11.1 Å². The molecule has 3 rings (SSSR count). The Morgan fingerprint density at radius 2 is 1.83 bits per heavy atom. The van der Waals surface area contributed by atoms with E-state index < -0.39 is 17.8 Å². The maximum absolute atomic E-state index is 12.7. The summed E-state index contributed by atoms with van der Waals surface area (Å²) in [5.74, 6) is 1.46. The summed E-state index contributed by atoms with van der Waals surface area (Å²) in [6, 6.07) is 10.1. The molecule has 1 saturated heterocycles. The highest BCUT2D eigenvalue weighted by Gasteiger charge is 2.33. The number of quaternary nitrogens is 1. The first-order chi connectivity index (χ1) is 14.3. The predicted molar refractivity (Wildman–Crippen MR) is 104 cm³/mol. The number of aliphatic hydroxyl groups excluding tert-OH is 1. The van der Waals surface area contributed by atoms with Gasteiger partial charge in [0.25, 0.3) is 5.82 Å². The van der Waals surface area contributed by atoms with Gasteiger partial charge in [-0.1, -0.05) is 12.1 Å². The first-order valence-corrected chi connectivity index (χ1v) is 9.91. The Balaban J connectivity index is 1.37. The second-order valence-corrected chi connectivity index (χ2v) is 7.42. The van der Waals surface area contributed by atoms with Gasteiger partial charge in [-0.05, 0) is 23.8 Å². The van der Waals surface area contributed by atoms with Crippen LogP contribution in [0, 0.1) is 0 Å². The standard InChI is InChI=1S/C21H26F3N3O3/c1-29-19-5-2-16(3-6-19)14-30-15-18(28)13-26-8-10-27(11-9-26)20-7-4-17(12-25-20)21(22,23)24/h2-7,12,18,28H,8-11,13-15H2,1H3/p+2/t18-/m1/s1. The van der Waals surface area contributed by atoms with Crippen molar-refractivity contribution in [1.82, 2.24) is 0 Å². The number of halogens is 3. The third kappa shape index (κ3) is 6.32. The van der Waals surface area contributed by atoms with Crippen LogP contribution >= 0.6 is 0 Å². The van der Waals surface area contributed by atoms with Crippen molar-refractivity contribution in [3.63, 3.8) is 0 Å². The molecule has 0 bridgehead atoms. The van der Waals surface area contributed by atoms with Gasteiger partial charge >= 0.3 is 6.18 Å². The number of H-pyrrole nitrogens is 1. The fraction of sp³-hybridized carbons (Fsp3) is 0.476. The zero-order valence-corrected chi connectivity index (χ0v) is 16.9. The van der Waals surface area contributed by atoms with E-state index in [0.29, 0.717) is 32.1 Å². The summed E-state index contributed by atoms with van der Waals surface area (Å²) in [5.41, 5.74) is 0.324. The third-order valence-corrected chi connectivity index (χ3v) is 5.20. The number of rotatable bonds is 8. The third-order valence-electron chi connectivity index (χ3n) is 5.20. The molecule has 6 nitrogen and oxygen atoms in total. The van der Waals surface area contributed by atoms with Gasteiger partial charge < -0.3 is 19.5 Å². The lowest BCUT2D eigenvalue weighted by molar-refractivity contribution is -0.903. The second kappa shape index (κ2) is 10.1. The Hall–Kier alpha value is -2.36. The molecule has 164 valence electrons. The number of aromatic amines is 1. The number of benzene rings is 1. The van der Waals surface area contributed by atoms with Gasteiger partial charge in [-0.15, -0.1) is 0 Å². The highest BCUT2D eigenvalue weighted by Crippen LogP contribution is 2.28. The quantitative estimate of drug-likeness (QED) is 0.655. The van der Waals surface area contributed by atoms with Crippen LogP contribution in [0.25, 0.3) is 0 Å². The van der Waals surface area contributed by atoms with Crippen molar-refractivity contribution in [2.75, 3.05) is 51.3 Å². The number of anilines is 1. The Morgan fingerprint density at radius 3 is 2.40 bits per heavy atom. The summed E-state index contributed by atoms with van der Waals surface area (Å²) < 4.78 is 48.8. The molecule has 2 heterocycles. The van der Waals surface area contributed by atoms with Crippen molar-refractivity contribution >= 4 is 5.82 Å². The number of methoxy groups -OCH3 is 1. The van der Waals surface area contributed by atoms with Crippen LogP contribution in [-0.4, -0.2) is 57.7 Å². The van der Waals surface area contributed by atoms with Crippen LogP contribution in [0.5, 0.6) is 5.75 Å². The molecule has 3 N–H and O–H groups in total. The summed E-state index contributed by atoms with van der Waals surface area (Å²) in [6.45, 7) is 4.26. The second-order valence-electron chi connectivity index (χ2n) is 7.42. The van der Waals surface area contributed by atoms with Crippen molar-refractivity contribution < 1.29 is 37.6 Å². The highest BCUT2D eigenvalue weighted by atomic mass is 19.4. The predicted octanol–water partition coefficient (Wildman–Crippen LogP) is 0.811. The average molecular weight is 427 g/mol. The molecule has 0 amide bonds. The van der Waals surface area contributed by atoms with Gasteiger partial charge in [0.15, 0.2) is 0 Å². The van der Waals surface area contributed by atoms with Crippen LogP contribution in [-0.2, 0) is 17.5 Å². The van der Waals surface area contributed by atoms with Crippen LogP contribution in [0.4, 0.5) is 19.0 Å². The summed E-state index contributed by atoms with van der Waals surface area (Å²) in [5, 5.41) is 10.3. The minimum atomic E-state index is -4.34. The molecule has 1 aromatic heterocycles. The van der Waals surface area contributed by atoms with Crippen molar-refractivity contribution in [1.29, 1.82) is 0 Å². The molecule has 30 heavy (non-hydrogen) atoms. The molecule has 0 radical (unpaired) electrons. The Kier molecular flexibility index (Phi) is 7.52. The number of pyridine rings is 1. The number of aromatic nitrogens is 1. The first kappa shape index (κ1) is 22.3. The van der Waals surface area contributed by atoms with E-state index in [1.807, 2.05) is 29.2 Å². The number of hydrogen-bond acceptors (Lipinski definition) is 4. The fourth-order valence-corrected chi connectivity index (χ4v) is 3.48. The summed E-state index contributed by atoms with van der Waals surface area (Å²) in [4.78, 5) is 6.01. The topological polar surface area (TPSA) is 60.5 Å². The van der Waals surface area contributed by atoms with Crippen LogP contribution in [0.3, 0.4) is 0 Å². The van der Waals surface area contributed by atoms with E-state index >= 15 is 0 Å². The smallest absolute Gasteiger partial charge is 0.419 e. The monoisotopic (exact) mass is 427 g/mol. The number of nitrogens with zero attached hydrogens (tertiary/aromatic N) is 1. The highest BCUT2D eigenvalue weighted by molar-refractivity contribution is 5.34. The molecule has 2 aromatic rings. The number of alkyl halides is 3. The largest absolute Gasteiger partial charge is 0.497 e. The van der Waals surface area contributed by atoms with Gasteiger partial charge in [0.05, 0.1) is 25.9 Å². The molecule has 1 aliphatic heterocycles. The normalized spacial score (nSPS) is 16.5. The summed E-state index contributed by atoms with van der Waals surface area (Å²) in [6.07, 6.45) is -3.91. The molecule has 0 saturated carbocycles. The van der Waals surface area contributed by atoms with Gasteiger partial charge in [-0.2, -0.15) is 13.2 Å². The summed E-state index contributed by atoms with van der Waals surface area (Å²) >= 11 is 0. The van der Waals surface area contributed by atoms with E-state index in [1.54, 1.807) is 7.11 Å². The lowest BCUT2D eigenvalue weighted by atomic mass is 10.2. The molecule has 0 aliphatic carbocycles. The van der Waals surface area contributed by atoms with Crippen molar-refractivity contribution in [2.24, 2.45) is 0 Å². The van der Waals surface area contributed by atoms with E-state index in [1.165, 1.54) is 11.0 Å². The Morgan fingerprint density at radius 1 is 1.13 bits per heavy atom. The zero-order valence-electron chi connectivity index (χ0n) is 16.9. The van der Waals surface area contributed by atoms with Crippen molar-refractivity contribution in [3.05, 3.63) is 53.7 Å². The van der Waals surface area contributed by atoms with Gasteiger partial charge in [0.2, 0.25) is 0 Å². The molecule has 1 aromatic carbocycles. The van der Waals surface area contributed by atoms with Crippen LogP contribution in [0.2, 0.25) is 0 Å². The maximum atomic E-state index is 12.7. The molecule has 1 atom stereocenters. The van der Waals surface area contributed by atoms with Gasteiger partial charge in [0, 0.05) is 6.07 Å². The van der Waals surface area contributed by atoms with Gasteiger partial charge in [-0.25, -0.2) is 4.98 Å². The lowest BCUT2D eigenvalue weighted by Crippen LogP contribution is -3.16. The number of aliphatic hydroxyl groups is 1. The number of piperazine rings is 1. The van der Waals surface area contributed by atoms with Crippen LogP contribution < -0.4 is 19.5 Å². The molecule has 1 fully saturated rings. The Labute approximate surface area is 173 Å². The minimum Gasteiger partial charge on any atom is -0.497 e. The number of nitrogens with one attached hydrogen (secondary N) is 2. The van der Waals surface area contributed by atoms with Crippen LogP contribution in [0.15, 0.2) is 42.6 Å². The van der Waals surface area contributed by atoms with Crippen molar-refractivity contribution in [3.8, 4) is 5.75 Å².